The summed E-state index contributed by atoms with van der Waals surface area (Å²) in [6.45, 7) is 1.95. The van der Waals surface area contributed by atoms with Gasteiger partial charge in [0.25, 0.3) is 5.91 Å². The number of piperidine rings is 1. The van der Waals surface area contributed by atoms with E-state index in [1.807, 2.05) is 11.4 Å². The second-order valence-corrected chi connectivity index (χ2v) is 5.95. The van der Waals surface area contributed by atoms with Crippen LogP contribution in [0.25, 0.3) is 0 Å². The standard InChI is InChI=1S/C10H13BrN2OS/c11-9-4-7(6-15-9)10(14)13-8-2-1-3-12-5-8/h4,6,8,12H,1-3,5H2,(H,13,14)/t8-/m0/s1. The molecule has 5 heteroatoms. The van der Waals surface area contributed by atoms with Crippen LogP contribution in [0.3, 0.4) is 0 Å². The first-order valence-electron chi connectivity index (χ1n) is 5.01. The number of hydrogen-bond acceptors (Lipinski definition) is 3. The highest BCUT2D eigenvalue weighted by atomic mass is 79.9. The summed E-state index contributed by atoms with van der Waals surface area (Å²) in [6, 6.07) is 2.14. The minimum absolute atomic E-state index is 0.0330. The van der Waals surface area contributed by atoms with E-state index < -0.39 is 0 Å². The monoisotopic (exact) mass is 288 g/mol. The SMILES string of the molecule is O=C(N[C@H]1CCCNC1)c1csc(Br)c1. The van der Waals surface area contributed by atoms with Crippen LogP contribution in [0.5, 0.6) is 0 Å². The molecule has 1 saturated heterocycles. The summed E-state index contributed by atoms with van der Waals surface area (Å²) < 4.78 is 0.995. The third-order valence-corrected chi connectivity index (χ3v) is 3.97. The molecule has 1 aliphatic heterocycles. The molecule has 82 valence electrons. The molecule has 0 aromatic carbocycles. The van der Waals surface area contributed by atoms with E-state index in [0.717, 1.165) is 35.3 Å². The molecule has 1 fully saturated rings. The van der Waals surface area contributed by atoms with Gasteiger partial charge in [-0.1, -0.05) is 0 Å². The minimum Gasteiger partial charge on any atom is -0.348 e. The highest BCUT2D eigenvalue weighted by Crippen LogP contribution is 2.20. The van der Waals surface area contributed by atoms with Crippen molar-refractivity contribution in [2.24, 2.45) is 0 Å². The van der Waals surface area contributed by atoms with Gasteiger partial charge in [0.15, 0.2) is 0 Å². The average Bonchev–Trinajstić information content (AvgIpc) is 2.66. The first-order valence-corrected chi connectivity index (χ1v) is 6.68. The number of thiophene rings is 1. The third kappa shape index (κ3) is 3.03. The van der Waals surface area contributed by atoms with E-state index in [4.69, 9.17) is 0 Å². The number of carbonyl (C=O) groups excluding carboxylic acids is 1. The van der Waals surface area contributed by atoms with Crippen LogP contribution in [0, 0.1) is 0 Å². The summed E-state index contributed by atoms with van der Waals surface area (Å²) in [5, 5.41) is 8.18. The van der Waals surface area contributed by atoms with Crippen molar-refractivity contribution in [1.29, 1.82) is 0 Å². The molecule has 0 spiro atoms. The number of carbonyl (C=O) groups is 1. The van der Waals surface area contributed by atoms with Crippen LogP contribution in [-0.4, -0.2) is 25.0 Å². The quantitative estimate of drug-likeness (QED) is 0.874. The van der Waals surface area contributed by atoms with Gasteiger partial charge in [-0.25, -0.2) is 0 Å². The molecule has 0 aliphatic carbocycles. The van der Waals surface area contributed by atoms with Crippen molar-refractivity contribution >= 4 is 33.2 Å². The highest BCUT2D eigenvalue weighted by Gasteiger charge is 2.16. The lowest BCUT2D eigenvalue weighted by atomic mass is 10.1. The van der Waals surface area contributed by atoms with Crippen molar-refractivity contribution in [1.82, 2.24) is 10.6 Å². The zero-order chi connectivity index (χ0) is 10.7. The molecule has 1 aliphatic rings. The molecule has 1 atom stereocenters. The number of halogens is 1. The minimum atomic E-state index is 0.0330. The van der Waals surface area contributed by atoms with Gasteiger partial charge in [-0.05, 0) is 41.4 Å². The lowest BCUT2D eigenvalue weighted by Gasteiger charge is -2.23. The Labute approximate surface area is 101 Å². The lowest BCUT2D eigenvalue weighted by molar-refractivity contribution is 0.0931. The second kappa shape index (κ2) is 5.09. The van der Waals surface area contributed by atoms with Gasteiger partial charge in [-0.3, -0.25) is 4.79 Å². The van der Waals surface area contributed by atoms with Gasteiger partial charge in [0.05, 0.1) is 9.35 Å². The van der Waals surface area contributed by atoms with Crippen molar-refractivity contribution in [2.45, 2.75) is 18.9 Å². The fourth-order valence-electron chi connectivity index (χ4n) is 1.67. The van der Waals surface area contributed by atoms with E-state index in [-0.39, 0.29) is 11.9 Å². The fourth-order valence-corrected chi connectivity index (χ4v) is 2.81. The molecule has 0 saturated carbocycles. The predicted octanol–water partition coefficient (Wildman–Crippen LogP) is 1.99. The number of amides is 1. The van der Waals surface area contributed by atoms with Crippen LogP contribution in [0.15, 0.2) is 15.2 Å². The Bertz CT molecular complexity index is 347. The van der Waals surface area contributed by atoms with Crippen molar-refractivity contribution in [3.63, 3.8) is 0 Å². The maximum absolute atomic E-state index is 11.8. The van der Waals surface area contributed by atoms with E-state index in [1.54, 1.807) is 0 Å². The largest absolute Gasteiger partial charge is 0.348 e. The normalized spacial score (nSPS) is 21.3. The first kappa shape index (κ1) is 11.1. The van der Waals surface area contributed by atoms with Gasteiger partial charge < -0.3 is 10.6 Å². The van der Waals surface area contributed by atoms with Gasteiger partial charge in [0.1, 0.15) is 0 Å². The van der Waals surface area contributed by atoms with Crippen LogP contribution >= 0.6 is 27.3 Å². The summed E-state index contributed by atoms with van der Waals surface area (Å²) in [4.78, 5) is 11.8. The highest BCUT2D eigenvalue weighted by molar-refractivity contribution is 9.11. The van der Waals surface area contributed by atoms with Gasteiger partial charge >= 0.3 is 0 Å². The van der Waals surface area contributed by atoms with Crippen LogP contribution < -0.4 is 10.6 Å². The molecule has 1 aromatic heterocycles. The Morgan fingerprint density at radius 1 is 1.67 bits per heavy atom. The molecule has 3 nitrogen and oxygen atoms in total. The summed E-state index contributed by atoms with van der Waals surface area (Å²) in [5.74, 6) is 0.0330. The molecule has 15 heavy (non-hydrogen) atoms. The van der Waals surface area contributed by atoms with Crippen molar-refractivity contribution in [2.75, 3.05) is 13.1 Å². The summed E-state index contributed by atoms with van der Waals surface area (Å²) in [5.41, 5.74) is 0.748. The molecule has 0 unspecified atom stereocenters. The molecule has 2 N–H and O–H groups in total. The molecule has 2 heterocycles. The van der Waals surface area contributed by atoms with Gasteiger partial charge in [-0.2, -0.15) is 0 Å². The Balaban J connectivity index is 1.91. The lowest BCUT2D eigenvalue weighted by Crippen LogP contribution is -2.45. The molecular formula is C10H13BrN2OS. The Kier molecular flexibility index (Phi) is 3.77. The first-order chi connectivity index (χ1) is 7.25. The van der Waals surface area contributed by atoms with Crippen LogP contribution in [0.4, 0.5) is 0 Å². The molecule has 2 rings (SSSR count). The van der Waals surface area contributed by atoms with Crippen LogP contribution in [-0.2, 0) is 0 Å². The second-order valence-electron chi connectivity index (χ2n) is 3.66. The zero-order valence-electron chi connectivity index (χ0n) is 8.25. The van der Waals surface area contributed by atoms with Gasteiger partial charge in [0.2, 0.25) is 0 Å². The summed E-state index contributed by atoms with van der Waals surface area (Å²) >= 11 is 4.89. The molecule has 1 aromatic rings. The van der Waals surface area contributed by atoms with E-state index in [0.29, 0.717) is 0 Å². The summed E-state index contributed by atoms with van der Waals surface area (Å²) in [7, 11) is 0. The maximum Gasteiger partial charge on any atom is 0.252 e. The van der Waals surface area contributed by atoms with Crippen molar-refractivity contribution in [3.05, 3.63) is 20.8 Å². The molecule has 0 radical (unpaired) electrons. The van der Waals surface area contributed by atoms with E-state index >= 15 is 0 Å². The Morgan fingerprint density at radius 2 is 2.53 bits per heavy atom. The van der Waals surface area contributed by atoms with Crippen molar-refractivity contribution < 1.29 is 4.79 Å². The molecule has 1 amide bonds. The topological polar surface area (TPSA) is 41.1 Å². The number of nitrogens with one attached hydrogen (secondary N) is 2. The van der Waals surface area contributed by atoms with Crippen molar-refractivity contribution in [3.8, 4) is 0 Å². The third-order valence-electron chi connectivity index (χ3n) is 2.46. The van der Waals surface area contributed by atoms with Gasteiger partial charge in [-0.15, -0.1) is 11.3 Å². The molecule has 0 bridgehead atoms. The number of hydrogen-bond donors (Lipinski definition) is 2. The fraction of sp³-hybridized carbons (Fsp3) is 0.500. The number of rotatable bonds is 2. The van der Waals surface area contributed by atoms with Crippen LogP contribution in [0.1, 0.15) is 23.2 Å². The van der Waals surface area contributed by atoms with E-state index in [9.17, 15) is 4.79 Å². The van der Waals surface area contributed by atoms with E-state index in [2.05, 4.69) is 26.6 Å². The Morgan fingerprint density at radius 3 is 3.13 bits per heavy atom. The van der Waals surface area contributed by atoms with E-state index in [1.165, 1.54) is 11.3 Å². The average molecular weight is 289 g/mol. The summed E-state index contributed by atoms with van der Waals surface area (Å²) in [6.07, 6.45) is 2.21. The maximum atomic E-state index is 11.8. The zero-order valence-corrected chi connectivity index (χ0v) is 10.7. The van der Waals surface area contributed by atoms with Crippen LogP contribution in [0.2, 0.25) is 0 Å². The van der Waals surface area contributed by atoms with Gasteiger partial charge in [0, 0.05) is 18.0 Å². The smallest absolute Gasteiger partial charge is 0.252 e. The molecular weight excluding hydrogens is 276 g/mol. The predicted molar refractivity (Wildman–Crippen MR) is 65.4 cm³/mol. The Hall–Kier alpha value is -0.390.